The molecular weight excluding hydrogens is 407 g/mol. The number of halogens is 1. The van der Waals surface area contributed by atoms with E-state index in [9.17, 15) is 4.79 Å². The van der Waals surface area contributed by atoms with Crippen molar-refractivity contribution < 1.29 is 9.53 Å². The van der Waals surface area contributed by atoms with Gasteiger partial charge in [0.2, 0.25) is 0 Å². The second-order valence-electron chi connectivity index (χ2n) is 6.95. The molecule has 1 heterocycles. The lowest BCUT2D eigenvalue weighted by molar-refractivity contribution is 0.0499. The average Bonchev–Trinajstić information content (AvgIpc) is 2.64. The Morgan fingerprint density at radius 1 is 1.22 bits per heavy atom. The highest BCUT2D eigenvalue weighted by Gasteiger charge is 2.24. The first-order valence-corrected chi connectivity index (χ1v) is 9.15. The highest BCUT2D eigenvalue weighted by atomic mass is 127. The Balaban J connectivity index is 1.90. The maximum atomic E-state index is 12.0. The van der Waals surface area contributed by atoms with Crippen LogP contribution in [0.2, 0.25) is 0 Å². The van der Waals surface area contributed by atoms with Crippen LogP contribution in [0.5, 0.6) is 0 Å². The quantitative estimate of drug-likeness (QED) is 0.563. The van der Waals surface area contributed by atoms with Gasteiger partial charge in [0.05, 0.1) is 0 Å². The summed E-state index contributed by atoms with van der Waals surface area (Å²) < 4.78 is 6.23. The third-order valence-corrected chi connectivity index (χ3v) is 4.20. The topological polar surface area (TPSA) is 76.1 Å². The lowest BCUT2D eigenvalue weighted by atomic mass is 10.1. The molecule has 7 heteroatoms. The van der Waals surface area contributed by atoms with Crippen LogP contribution in [0.15, 0.2) is 12.1 Å². The maximum absolute atomic E-state index is 12.0. The summed E-state index contributed by atoms with van der Waals surface area (Å²) in [5.74, 6) is 0.785. The van der Waals surface area contributed by atoms with Crippen molar-refractivity contribution in [1.82, 2.24) is 15.5 Å². The van der Waals surface area contributed by atoms with Gasteiger partial charge in [0.1, 0.15) is 15.1 Å². The van der Waals surface area contributed by atoms with Crippen molar-refractivity contribution in [3.8, 4) is 0 Å². The van der Waals surface area contributed by atoms with Crippen LogP contribution in [-0.2, 0) is 4.74 Å². The van der Waals surface area contributed by atoms with Gasteiger partial charge in [0, 0.05) is 12.1 Å². The zero-order valence-electron chi connectivity index (χ0n) is 13.9. The highest BCUT2D eigenvalue weighted by Crippen LogP contribution is 2.21. The summed E-state index contributed by atoms with van der Waals surface area (Å²) in [4.78, 5) is 12.0. The Labute approximate surface area is 151 Å². The van der Waals surface area contributed by atoms with E-state index < -0.39 is 5.60 Å². The number of amides is 1. The molecule has 1 saturated carbocycles. The zero-order valence-corrected chi connectivity index (χ0v) is 16.1. The van der Waals surface area contributed by atoms with Crippen molar-refractivity contribution in [1.29, 1.82) is 0 Å². The summed E-state index contributed by atoms with van der Waals surface area (Å²) in [6.45, 7) is 5.62. The van der Waals surface area contributed by atoms with E-state index in [1.54, 1.807) is 0 Å². The van der Waals surface area contributed by atoms with Crippen LogP contribution in [0.3, 0.4) is 0 Å². The molecule has 0 bridgehead atoms. The van der Waals surface area contributed by atoms with E-state index in [4.69, 9.17) is 4.74 Å². The number of alkyl carbamates (subject to hydrolysis) is 1. The number of nitrogens with zero attached hydrogens (tertiary/aromatic N) is 2. The zero-order chi connectivity index (χ0) is 16.9. The van der Waals surface area contributed by atoms with Gasteiger partial charge in [-0.3, -0.25) is 0 Å². The molecule has 1 aromatic rings. The smallest absolute Gasteiger partial charge is 0.407 e. The molecule has 0 spiro atoms. The number of carbonyl (C=O) groups excluding carboxylic acids is 1. The lowest BCUT2D eigenvalue weighted by Gasteiger charge is -2.25. The molecule has 1 amide bonds. The molecule has 2 N–H and O–H groups in total. The minimum Gasteiger partial charge on any atom is -0.444 e. The summed E-state index contributed by atoms with van der Waals surface area (Å²) in [5.41, 5.74) is -0.469. The molecular formula is C16H25IN4O2. The fourth-order valence-electron chi connectivity index (χ4n) is 2.70. The molecule has 2 rings (SSSR count). The number of rotatable bonds is 3. The molecule has 23 heavy (non-hydrogen) atoms. The Kier molecular flexibility index (Phi) is 6.43. The predicted octanol–water partition coefficient (Wildman–Crippen LogP) is 3.72. The van der Waals surface area contributed by atoms with Gasteiger partial charge < -0.3 is 15.4 Å². The molecule has 2 unspecified atom stereocenters. The number of ether oxygens (including phenoxy) is 1. The van der Waals surface area contributed by atoms with Gasteiger partial charge in [0.15, 0.2) is 0 Å². The summed E-state index contributed by atoms with van der Waals surface area (Å²) >= 11 is 2.14. The van der Waals surface area contributed by atoms with E-state index in [1.807, 2.05) is 32.9 Å². The summed E-state index contributed by atoms with van der Waals surface area (Å²) in [5, 5.41) is 14.6. The second kappa shape index (κ2) is 8.12. The van der Waals surface area contributed by atoms with Gasteiger partial charge in [-0.05, 0) is 74.8 Å². The molecule has 1 aromatic heterocycles. The number of nitrogens with one attached hydrogen (secondary N) is 2. The Hall–Kier alpha value is -1.12. The number of aromatic nitrogens is 2. The largest absolute Gasteiger partial charge is 0.444 e. The van der Waals surface area contributed by atoms with Crippen LogP contribution < -0.4 is 10.6 Å². The highest BCUT2D eigenvalue weighted by molar-refractivity contribution is 14.1. The predicted molar refractivity (Wildman–Crippen MR) is 98.4 cm³/mol. The fourth-order valence-corrected chi connectivity index (χ4v) is 2.99. The van der Waals surface area contributed by atoms with E-state index in [0.29, 0.717) is 0 Å². The van der Waals surface area contributed by atoms with Crippen molar-refractivity contribution in [3.05, 3.63) is 15.8 Å². The summed E-state index contributed by atoms with van der Waals surface area (Å²) in [6, 6.07) is 4.28. The monoisotopic (exact) mass is 432 g/mol. The van der Waals surface area contributed by atoms with Crippen LogP contribution >= 0.6 is 22.6 Å². The van der Waals surface area contributed by atoms with Crippen molar-refractivity contribution in [2.45, 2.75) is 70.6 Å². The third-order valence-electron chi connectivity index (χ3n) is 3.63. The Morgan fingerprint density at radius 3 is 2.52 bits per heavy atom. The fraction of sp³-hybridized carbons (Fsp3) is 0.688. The minimum absolute atomic E-state index is 0.127. The maximum Gasteiger partial charge on any atom is 0.407 e. The lowest BCUT2D eigenvalue weighted by Crippen LogP contribution is -2.41. The molecule has 0 saturated heterocycles. The molecule has 0 radical (unpaired) electrons. The van der Waals surface area contributed by atoms with Crippen molar-refractivity contribution >= 4 is 34.5 Å². The first-order valence-electron chi connectivity index (χ1n) is 8.07. The average molecular weight is 432 g/mol. The van der Waals surface area contributed by atoms with E-state index in [1.165, 1.54) is 0 Å². The van der Waals surface area contributed by atoms with E-state index in [2.05, 4.69) is 43.4 Å². The van der Waals surface area contributed by atoms with Crippen LogP contribution in [-0.4, -0.2) is 34.0 Å². The molecule has 6 nitrogen and oxygen atoms in total. The van der Waals surface area contributed by atoms with Crippen molar-refractivity contribution in [3.63, 3.8) is 0 Å². The van der Waals surface area contributed by atoms with E-state index in [-0.39, 0.29) is 18.2 Å². The van der Waals surface area contributed by atoms with Crippen LogP contribution in [0, 0.1) is 3.70 Å². The molecule has 1 fully saturated rings. The molecule has 2 atom stereocenters. The molecule has 0 aromatic carbocycles. The van der Waals surface area contributed by atoms with Crippen LogP contribution in [0.1, 0.15) is 52.9 Å². The standard InChI is InChI=1S/C16H25IN4O2/c1-16(2,3)23-15(22)19-12-7-5-4-6-11(10-12)18-14-9-8-13(17)20-21-14/h8-9,11-12H,4-7,10H2,1-3H3,(H,18,21)(H,19,22). The molecule has 1 aliphatic rings. The summed E-state index contributed by atoms with van der Waals surface area (Å²) in [6.07, 6.45) is 4.83. The summed E-state index contributed by atoms with van der Waals surface area (Å²) in [7, 11) is 0. The van der Waals surface area contributed by atoms with Gasteiger partial charge >= 0.3 is 6.09 Å². The third kappa shape index (κ3) is 6.88. The minimum atomic E-state index is -0.469. The van der Waals surface area contributed by atoms with Gasteiger partial charge in [0.25, 0.3) is 0 Å². The second-order valence-corrected chi connectivity index (χ2v) is 8.05. The van der Waals surface area contributed by atoms with Gasteiger partial charge in [-0.15, -0.1) is 10.2 Å². The van der Waals surface area contributed by atoms with E-state index >= 15 is 0 Å². The van der Waals surface area contributed by atoms with Crippen molar-refractivity contribution in [2.24, 2.45) is 0 Å². The molecule has 1 aliphatic carbocycles. The SMILES string of the molecule is CC(C)(C)OC(=O)NC1CCCCC(Nc2ccc(I)nn2)C1. The van der Waals surface area contributed by atoms with E-state index in [0.717, 1.165) is 41.6 Å². The van der Waals surface area contributed by atoms with Gasteiger partial charge in [-0.1, -0.05) is 12.8 Å². The molecule has 0 aliphatic heterocycles. The van der Waals surface area contributed by atoms with Crippen LogP contribution in [0.4, 0.5) is 10.6 Å². The number of carbonyl (C=O) groups is 1. The number of hydrogen-bond acceptors (Lipinski definition) is 5. The van der Waals surface area contributed by atoms with Crippen molar-refractivity contribution in [2.75, 3.05) is 5.32 Å². The van der Waals surface area contributed by atoms with Gasteiger partial charge in [-0.2, -0.15) is 0 Å². The van der Waals surface area contributed by atoms with Gasteiger partial charge in [-0.25, -0.2) is 4.79 Å². The number of hydrogen-bond donors (Lipinski definition) is 2. The van der Waals surface area contributed by atoms with Crippen LogP contribution in [0.25, 0.3) is 0 Å². The first-order chi connectivity index (χ1) is 10.8. The number of anilines is 1. The first kappa shape index (κ1) is 18.2. The Morgan fingerprint density at radius 2 is 1.91 bits per heavy atom. The molecule has 128 valence electrons. The normalized spacial score (nSPS) is 22.1. The Bertz CT molecular complexity index is 516.